The van der Waals surface area contributed by atoms with Crippen LogP contribution in [0.25, 0.3) is 0 Å². The molecule has 152 valence electrons. The number of carbonyl (C=O) groups is 1. The van der Waals surface area contributed by atoms with Crippen molar-refractivity contribution in [3.8, 4) is 5.75 Å². The molecule has 0 bridgehead atoms. The van der Waals surface area contributed by atoms with E-state index in [0.29, 0.717) is 37.9 Å². The molecule has 0 aliphatic heterocycles. The molecular weight excluding hydrogens is 455 g/mol. The van der Waals surface area contributed by atoms with Crippen molar-refractivity contribution in [2.75, 3.05) is 27.2 Å². The molecule has 0 saturated heterocycles. The van der Waals surface area contributed by atoms with Crippen LogP contribution in [0.4, 0.5) is 0 Å². The van der Waals surface area contributed by atoms with Crippen molar-refractivity contribution in [2.45, 2.75) is 45.1 Å². The molecule has 0 heterocycles. The third-order valence-electron chi connectivity index (χ3n) is 4.76. The van der Waals surface area contributed by atoms with Gasteiger partial charge in [0.15, 0.2) is 5.96 Å². The number of halogens is 1. The van der Waals surface area contributed by atoms with Crippen LogP contribution in [-0.2, 0) is 11.3 Å². The first-order valence-corrected chi connectivity index (χ1v) is 9.55. The molecule has 1 saturated carbocycles. The molecule has 0 radical (unpaired) electrons. The molecule has 1 aromatic rings. The van der Waals surface area contributed by atoms with E-state index < -0.39 is 0 Å². The maximum absolute atomic E-state index is 12.0. The summed E-state index contributed by atoms with van der Waals surface area (Å²) in [6, 6.07) is 7.92. The van der Waals surface area contributed by atoms with Crippen LogP contribution in [0.1, 0.15) is 44.1 Å². The monoisotopic (exact) mass is 488 g/mol. The molecule has 0 aromatic heterocycles. The number of amides is 1. The zero-order valence-corrected chi connectivity index (χ0v) is 18.8. The summed E-state index contributed by atoms with van der Waals surface area (Å²) in [7, 11) is 3.40. The van der Waals surface area contributed by atoms with E-state index >= 15 is 0 Å². The molecule has 1 amide bonds. The van der Waals surface area contributed by atoms with Crippen LogP contribution in [0.15, 0.2) is 29.3 Å². The van der Waals surface area contributed by atoms with E-state index in [0.717, 1.165) is 11.3 Å². The van der Waals surface area contributed by atoms with Crippen molar-refractivity contribution >= 4 is 35.8 Å². The first-order valence-electron chi connectivity index (χ1n) is 9.55. The molecule has 6 nitrogen and oxygen atoms in total. The first kappa shape index (κ1) is 23.5. The van der Waals surface area contributed by atoms with E-state index in [1.54, 1.807) is 14.2 Å². The number of nitrogens with one attached hydrogen (secondary N) is 3. The number of nitrogens with zero attached hydrogens (tertiary/aromatic N) is 1. The molecule has 1 aliphatic rings. The predicted molar refractivity (Wildman–Crippen MR) is 121 cm³/mol. The Morgan fingerprint density at radius 2 is 1.89 bits per heavy atom. The Kier molecular flexibility index (Phi) is 11.9. The van der Waals surface area contributed by atoms with Crippen molar-refractivity contribution in [3.05, 3.63) is 29.8 Å². The van der Waals surface area contributed by atoms with Gasteiger partial charge in [0.25, 0.3) is 0 Å². The average Bonchev–Trinajstić information content (AvgIpc) is 2.68. The highest BCUT2D eigenvalue weighted by Gasteiger charge is 2.16. The van der Waals surface area contributed by atoms with E-state index in [9.17, 15) is 4.79 Å². The second kappa shape index (κ2) is 13.6. The Balaban J connectivity index is 0.00000364. The molecule has 1 aromatic carbocycles. The molecule has 7 heteroatoms. The van der Waals surface area contributed by atoms with Crippen LogP contribution in [0.2, 0.25) is 0 Å². The standard InChI is InChI=1S/C20H32N4O2.HI/c1-21-20(24-15-17-9-6-10-18(13-17)26-2)23-12-11-22-19(25)14-16-7-4-3-5-8-16;/h6,9-10,13,16H,3-5,7-8,11-12,14-15H2,1-2H3,(H,22,25)(H2,21,23,24);1H. The molecule has 2 rings (SSSR count). The minimum absolute atomic E-state index is 0. The molecule has 1 fully saturated rings. The van der Waals surface area contributed by atoms with Crippen LogP contribution in [-0.4, -0.2) is 39.1 Å². The summed E-state index contributed by atoms with van der Waals surface area (Å²) in [6.45, 7) is 1.91. The molecule has 1 aliphatic carbocycles. The minimum Gasteiger partial charge on any atom is -0.497 e. The summed E-state index contributed by atoms with van der Waals surface area (Å²) in [5, 5.41) is 9.48. The Hall–Kier alpha value is -1.51. The second-order valence-corrected chi connectivity index (χ2v) is 6.76. The second-order valence-electron chi connectivity index (χ2n) is 6.76. The van der Waals surface area contributed by atoms with Crippen LogP contribution in [0.5, 0.6) is 5.75 Å². The maximum Gasteiger partial charge on any atom is 0.220 e. The third kappa shape index (κ3) is 9.30. The smallest absolute Gasteiger partial charge is 0.220 e. The van der Waals surface area contributed by atoms with Gasteiger partial charge < -0.3 is 20.7 Å². The SMILES string of the molecule is CN=C(NCCNC(=O)CC1CCCCC1)NCc1cccc(OC)c1.I. The van der Waals surface area contributed by atoms with Crippen molar-refractivity contribution in [1.29, 1.82) is 0 Å². The summed E-state index contributed by atoms with van der Waals surface area (Å²) in [4.78, 5) is 16.2. The van der Waals surface area contributed by atoms with Gasteiger partial charge in [-0.05, 0) is 36.5 Å². The highest BCUT2D eigenvalue weighted by molar-refractivity contribution is 14.0. The number of aliphatic imine (C=N–C) groups is 1. The number of rotatable bonds is 8. The maximum atomic E-state index is 12.0. The third-order valence-corrected chi connectivity index (χ3v) is 4.76. The van der Waals surface area contributed by atoms with Gasteiger partial charge in [0, 0.05) is 33.1 Å². The summed E-state index contributed by atoms with van der Waals surface area (Å²) < 4.78 is 5.23. The normalized spacial score (nSPS) is 14.8. The fourth-order valence-electron chi connectivity index (χ4n) is 3.30. The summed E-state index contributed by atoms with van der Waals surface area (Å²) in [6.07, 6.45) is 6.94. The first-order chi connectivity index (χ1) is 12.7. The lowest BCUT2D eigenvalue weighted by atomic mass is 9.87. The van der Waals surface area contributed by atoms with Gasteiger partial charge in [0.2, 0.25) is 5.91 Å². The van der Waals surface area contributed by atoms with Crippen LogP contribution >= 0.6 is 24.0 Å². The Bertz CT molecular complexity index is 589. The van der Waals surface area contributed by atoms with Crippen molar-refractivity contribution in [2.24, 2.45) is 10.9 Å². The zero-order chi connectivity index (χ0) is 18.6. The van der Waals surface area contributed by atoms with Crippen molar-refractivity contribution < 1.29 is 9.53 Å². The van der Waals surface area contributed by atoms with Gasteiger partial charge in [-0.3, -0.25) is 9.79 Å². The molecule has 0 atom stereocenters. The van der Waals surface area contributed by atoms with Gasteiger partial charge in [0.1, 0.15) is 5.75 Å². The lowest BCUT2D eigenvalue weighted by Crippen LogP contribution is -2.41. The van der Waals surface area contributed by atoms with Crippen molar-refractivity contribution in [3.63, 3.8) is 0 Å². The molecular formula is C20H33IN4O2. The van der Waals surface area contributed by atoms with E-state index in [1.165, 1.54) is 32.1 Å². The quantitative estimate of drug-likeness (QED) is 0.228. The lowest BCUT2D eigenvalue weighted by Gasteiger charge is -2.20. The summed E-state index contributed by atoms with van der Waals surface area (Å²) >= 11 is 0. The van der Waals surface area contributed by atoms with Crippen LogP contribution in [0, 0.1) is 5.92 Å². The minimum atomic E-state index is 0. The molecule has 0 spiro atoms. The number of carbonyl (C=O) groups excluding carboxylic acids is 1. The van der Waals surface area contributed by atoms with Crippen molar-refractivity contribution in [1.82, 2.24) is 16.0 Å². The molecule has 0 unspecified atom stereocenters. The topological polar surface area (TPSA) is 74.8 Å². The number of ether oxygens (including phenoxy) is 1. The van der Waals surface area contributed by atoms with Gasteiger partial charge in [-0.25, -0.2) is 0 Å². The number of methoxy groups -OCH3 is 1. The largest absolute Gasteiger partial charge is 0.497 e. The van der Waals surface area contributed by atoms with E-state index in [1.807, 2.05) is 24.3 Å². The van der Waals surface area contributed by atoms with Crippen LogP contribution < -0.4 is 20.7 Å². The van der Waals surface area contributed by atoms with Gasteiger partial charge >= 0.3 is 0 Å². The fraction of sp³-hybridized carbons (Fsp3) is 0.600. The van der Waals surface area contributed by atoms with Gasteiger partial charge in [-0.1, -0.05) is 31.4 Å². The highest BCUT2D eigenvalue weighted by atomic mass is 127. The highest BCUT2D eigenvalue weighted by Crippen LogP contribution is 2.25. The lowest BCUT2D eigenvalue weighted by molar-refractivity contribution is -0.122. The van der Waals surface area contributed by atoms with E-state index in [-0.39, 0.29) is 29.9 Å². The Morgan fingerprint density at radius 3 is 2.59 bits per heavy atom. The van der Waals surface area contributed by atoms with E-state index in [4.69, 9.17) is 4.74 Å². The summed E-state index contributed by atoms with van der Waals surface area (Å²) in [5.41, 5.74) is 1.12. The van der Waals surface area contributed by atoms with Crippen LogP contribution in [0.3, 0.4) is 0 Å². The Morgan fingerprint density at radius 1 is 1.15 bits per heavy atom. The predicted octanol–water partition coefficient (Wildman–Crippen LogP) is 3.06. The zero-order valence-electron chi connectivity index (χ0n) is 16.4. The fourth-order valence-corrected chi connectivity index (χ4v) is 3.30. The van der Waals surface area contributed by atoms with Gasteiger partial charge in [-0.2, -0.15) is 0 Å². The molecule has 27 heavy (non-hydrogen) atoms. The molecule has 3 N–H and O–H groups in total. The summed E-state index contributed by atoms with van der Waals surface area (Å²) in [5.74, 6) is 2.30. The Labute approximate surface area is 179 Å². The van der Waals surface area contributed by atoms with E-state index in [2.05, 4.69) is 20.9 Å². The number of benzene rings is 1. The van der Waals surface area contributed by atoms with Gasteiger partial charge in [-0.15, -0.1) is 24.0 Å². The van der Waals surface area contributed by atoms with Gasteiger partial charge in [0.05, 0.1) is 7.11 Å². The number of hydrogen-bond donors (Lipinski definition) is 3. The average molecular weight is 488 g/mol. The number of guanidine groups is 1. The number of hydrogen-bond acceptors (Lipinski definition) is 3.